The van der Waals surface area contributed by atoms with E-state index in [1.807, 2.05) is 0 Å². The maximum absolute atomic E-state index is 2.42. The van der Waals surface area contributed by atoms with Crippen molar-refractivity contribution in [1.82, 2.24) is 0 Å². The molecule has 1 aromatic rings. The van der Waals surface area contributed by atoms with E-state index >= 15 is 0 Å². The number of rotatable bonds is 4. The lowest BCUT2D eigenvalue weighted by atomic mass is 9.80. The Labute approximate surface area is 134 Å². The van der Waals surface area contributed by atoms with Crippen LogP contribution in [0, 0.1) is 5.92 Å². The average Bonchev–Trinajstić information content (AvgIpc) is 2.62. The van der Waals surface area contributed by atoms with Gasteiger partial charge in [0.1, 0.15) is 0 Å². The fourth-order valence-corrected chi connectivity index (χ4v) is 3.41. The van der Waals surface area contributed by atoms with E-state index in [0.29, 0.717) is 5.92 Å². The number of benzene rings is 1. The van der Waals surface area contributed by atoms with Gasteiger partial charge in [-0.05, 0) is 48.0 Å². The minimum Gasteiger partial charge on any atom is -0.0836 e. The molecule has 2 aliphatic rings. The van der Waals surface area contributed by atoms with Crippen LogP contribution in [0.15, 0.2) is 84.0 Å². The van der Waals surface area contributed by atoms with Gasteiger partial charge in [0.2, 0.25) is 0 Å². The lowest BCUT2D eigenvalue weighted by Crippen LogP contribution is -2.08. The molecule has 0 N–H and O–H groups in total. The summed E-state index contributed by atoms with van der Waals surface area (Å²) in [4.78, 5) is 0. The molecule has 0 nitrogen and oxygen atoms in total. The Balaban J connectivity index is 2.12. The highest BCUT2D eigenvalue weighted by molar-refractivity contribution is 5.74. The minimum absolute atomic E-state index is 0.495. The lowest BCUT2D eigenvalue weighted by molar-refractivity contribution is 0.773. The van der Waals surface area contributed by atoms with E-state index in [4.69, 9.17) is 0 Å². The van der Waals surface area contributed by atoms with E-state index in [2.05, 4.69) is 79.8 Å². The highest BCUT2D eigenvalue weighted by Gasteiger charge is 2.19. The van der Waals surface area contributed by atoms with Crippen molar-refractivity contribution in [1.29, 1.82) is 0 Å². The molecular formula is C22H24. The van der Waals surface area contributed by atoms with E-state index in [9.17, 15) is 0 Å². The summed E-state index contributed by atoms with van der Waals surface area (Å²) in [5, 5.41) is 0. The molecule has 0 amide bonds. The van der Waals surface area contributed by atoms with Crippen LogP contribution in [0.4, 0.5) is 0 Å². The first-order valence-electron chi connectivity index (χ1n) is 8.39. The monoisotopic (exact) mass is 288 g/mol. The Kier molecular flexibility index (Phi) is 4.90. The second-order valence-electron chi connectivity index (χ2n) is 5.91. The van der Waals surface area contributed by atoms with Gasteiger partial charge in [-0.15, -0.1) is 0 Å². The first kappa shape index (κ1) is 14.8. The third kappa shape index (κ3) is 3.22. The van der Waals surface area contributed by atoms with Crippen molar-refractivity contribution < 1.29 is 0 Å². The summed E-state index contributed by atoms with van der Waals surface area (Å²) in [5.41, 5.74) is 5.80. The lowest BCUT2D eigenvalue weighted by Gasteiger charge is -2.24. The fourth-order valence-electron chi connectivity index (χ4n) is 3.41. The molecule has 0 aromatic heterocycles. The van der Waals surface area contributed by atoms with Crippen molar-refractivity contribution in [2.75, 3.05) is 0 Å². The first-order valence-corrected chi connectivity index (χ1v) is 8.39. The van der Waals surface area contributed by atoms with Crippen LogP contribution >= 0.6 is 0 Å². The summed E-state index contributed by atoms with van der Waals surface area (Å²) < 4.78 is 0. The Hall–Kier alpha value is -2.08. The molecule has 0 aliphatic heterocycles. The molecule has 0 fully saturated rings. The van der Waals surface area contributed by atoms with Crippen molar-refractivity contribution in [3.05, 3.63) is 89.6 Å². The van der Waals surface area contributed by atoms with Crippen LogP contribution in [0.25, 0.3) is 5.57 Å². The van der Waals surface area contributed by atoms with Crippen molar-refractivity contribution in [2.24, 2.45) is 5.92 Å². The molecule has 1 atom stereocenters. The molecule has 112 valence electrons. The molecule has 1 aromatic carbocycles. The Morgan fingerprint density at radius 2 is 1.91 bits per heavy atom. The standard InChI is InChI=1S/C22H24/c1-2-21(18-12-6-3-7-13-18)22(19-14-8-4-9-15-19)20-16-10-5-11-17-20/h3-4,6-10,12-14,16-17,19H,2,5,11,15H2,1H3/b22-21-. The first-order chi connectivity index (χ1) is 10.9. The van der Waals surface area contributed by atoms with Gasteiger partial charge in [-0.3, -0.25) is 0 Å². The highest BCUT2D eigenvalue weighted by atomic mass is 14.2. The van der Waals surface area contributed by atoms with Gasteiger partial charge in [0, 0.05) is 5.92 Å². The van der Waals surface area contributed by atoms with Gasteiger partial charge >= 0.3 is 0 Å². The SMILES string of the molecule is CC/C(=C(/C1=CCCC=C1)C1C=CC=CC1)c1ccccc1. The third-order valence-corrected chi connectivity index (χ3v) is 4.46. The van der Waals surface area contributed by atoms with Crippen LogP contribution in [0.1, 0.15) is 38.2 Å². The molecular weight excluding hydrogens is 264 g/mol. The zero-order valence-corrected chi connectivity index (χ0v) is 13.3. The van der Waals surface area contributed by atoms with Crippen molar-refractivity contribution in [3.8, 4) is 0 Å². The van der Waals surface area contributed by atoms with Gasteiger partial charge in [-0.1, -0.05) is 79.8 Å². The quantitative estimate of drug-likeness (QED) is 0.613. The Bertz CT molecular complexity index is 651. The Morgan fingerprint density at radius 1 is 1.05 bits per heavy atom. The second-order valence-corrected chi connectivity index (χ2v) is 5.91. The topological polar surface area (TPSA) is 0 Å². The highest BCUT2D eigenvalue weighted by Crippen LogP contribution is 2.37. The maximum Gasteiger partial charge on any atom is 0.00644 e. The van der Waals surface area contributed by atoms with Crippen LogP contribution in [0.3, 0.4) is 0 Å². The normalized spacial score (nSPS) is 21.5. The molecule has 0 radical (unpaired) electrons. The van der Waals surface area contributed by atoms with E-state index in [1.165, 1.54) is 28.7 Å². The number of hydrogen-bond donors (Lipinski definition) is 0. The van der Waals surface area contributed by atoms with Crippen LogP contribution in [-0.2, 0) is 0 Å². The smallest absolute Gasteiger partial charge is 0.00644 e. The van der Waals surface area contributed by atoms with Gasteiger partial charge in [-0.2, -0.15) is 0 Å². The molecule has 0 heteroatoms. The van der Waals surface area contributed by atoms with E-state index < -0.39 is 0 Å². The summed E-state index contributed by atoms with van der Waals surface area (Å²) in [5.74, 6) is 0.495. The van der Waals surface area contributed by atoms with Gasteiger partial charge in [0.15, 0.2) is 0 Å². The molecule has 2 aliphatic carbocycles. The van der Waals surface area contributed by atoms with Crippen LogP contribution in [0.2, 0.25) is 0 Å². The number of allylic oxidation sites excluding steroid dienone is 10. The molecule has 0 bridgehead atoms. The fraction of sp³-hybridized carbons (Fsp3) is 0.273. The molecule has 0 saturated carbocycles. The molecule has 0 saturated heterocycles. The predicted octanol–water partition coefficient (Wildman–Crippen LogP) is 6.26. The Morgan fingerprint density at radius 3 is 2.55 bits per heavy atom. The second kappa shape index (κ2) is 7.26. The van der Waals surface area contributed by atoms with Crippen LogP contribution in [-0.4, -0.2) is 0 Å². The van der Waals surface area contributed by atoms with E-state index in [0.717, 1.165) is 19.3 Å². The largest absolute Gasteiger partial charge is 0.0836 e. The summed E-state index contributed by atoms with van der Waals surface area (Å²) in [7, 11) is 0. The average molecular weight is 288 g/mol. The number of hydrogen-bond acceptors (Lipinski definition) is 0. The van der Waals surface area contributed by atoms with Crippen molar-refractivity contribution in [3.63, 3.8) is 0 Å². The zero-order chi connectivity index (χ0) is 15.2. The summed E-state index contributed by atoms with van der Waals surface area (Å²) in [6, 6.07) is 10.9. The molecule has 0 heterocycles. The third-order valence-electron chi connectivity index (χ3n) is 4.46. The summed E-state index contributed by atoms with van der Waals surface area (Å²) in [6.45, 7) is 2.28. The van der Waals surface area contributed by atoms with Gasteiger partial charge in [0.25, 0.3) is 0 Å². The zero-order valence-electron chi connectivity index (χ0n) is 13.3. The van der Waals surface area contributed by atoms with Crippen molar-refractivity contribution in [2.45, 2.75) is 32.6 Å². The van der Waals surface area contributed by atoms with Gasteiger partial charge < -0.3 is 0 Å². The van der Waals surface area contributed by atoms with E-state index in [1.54, 1.807) is 0 Å². The molecule has 0 spiro atoms. The molecule has 3 rings (SSSR count). The summed E-state index contributed by atoms with van der Waals surface area (Å²) in [6.07, 6.45) is 20.6. The summed E-state index contributed by atoms with van der Waals surface area (Å²) >= 11 is 0. The van der Waals surface area contributed by atoms with E-state index in [-0.39, 0.29) is 0 Å². The van der Waals surface area contributed by atoms with Crippen LogP contribution < -0.4 is 0 Å². The minimum atomic E-state index is 0.495. The van der Waals surface area contributed by atoms with Gasteiger partial charge in [-0.25, -0.2) is 0 Å². The van der Waals surface area contributed by atoms with Crippen molar-refractivity contribution >= 4 is 5.57 Å². The maximum atomic E-state index is 2.42. The predicted molar refractivity (Wildman–Crippen MR) is 96.5 cm³/mol. The van der Waals surface area contributed by atoms with Gasteiger partial charge in [0.05, 0.1) is 0 Å². The molecule has 22 heavy (non-hydrogen) atoms. The van der Waals surface area contributed by atoms with Crippen LogP contribution in [0.5, 0.6) is 0 Å². The molecule has 1 unspecified atom stereocenters.